The SMILES string of the molecule is COC(=O)C1(C(N)c2cc(F)ccc2F)CCC1. The van der Waals surface area contributed by atoms with Crippen molar-refractivity contribution >= 4 is 5.97 Å². The second kappa shape index (κ2) is 4.65. The van der Waals surface area contributed by atoms with Crippen LogP contribution in [0.25, 0.3) is 0 Å². The zero-order valence-electron chi connectivity index (χ0n) is 10.1. The van der Waals surface area contributed by atoms with Crippen LogP contribution in [-0.2, 0) is 9.53 Å². The summed E-state index contributed by atoms with van der Waals surface area (Å²) in [6.07, 6.45) is 1.91. The molecule has 1 aliphatic carbocycles. The lowest BCUT2D eigenvalue weighted by molar-refractivity contribution is -0.160. The van der Waals surface area contributed by atoms with E-state index in [1.807, 2.05) is 0 Å². The predicted octanol–water partition coefficient (Wildman–Crippen LogP) is 2.31. The summed E-state index contributed by atoms with van der Waals surface area (Å²) in [6, 6.07) is 2.21. The van der Waals surface area contributed by atoms with Crippen molar-refractivity contribution < 1.29 is 18.3 Å². The number of benzene rings is 1. The highest BCUT2D eigenvalue weighted by Gasteiger charge is 2.51. The van der Waals surface area contributed by atoms with Crippen molar-refractivity contribution in [2.45, 2.75) is 25.3 Å². The van der Waals surface area contributed by atoms with Gasteiger partial charge in [0.25, 0.3) is 0 Å². The maximum absolute atomic E-state index is 13.7. The van der Waals surface area contributed by atoms with Crippen LogP contribution in [-0.4, -0.2) is 13.1 Å². The Morgan fingerprint density at radius 1 is 1.44 bits per heavy atom. The average Bonchev–Trinajstić information content (AvgIpc) is 2.30. The first-order valence-electron chi connectivity index (χ1n) is 5.80. The molecule has 3 nitrogen and oxygen atoms in total. The van der Waals surface area contributed by atoms with Crippen LogP contribution in [0.3, 0.4) is 0 Å². The van der Waals surface area contributed by atoms with Crippen LogP contribution < -0.4 is 5.73 Å². The highest BCUT2D eigenvalue weighted by atomic mass is 19.1. The van der Waals surface area contributed by atoms with Gasteiger partial charge in [-0.25, -0.2) is 8.78 Å². The van der Waals surface area contributed by atoms with E-state index in [1.165, 1.54) is 7.11 Å². The van der Waals surface area contributed by atoms with Gasteiger partial charge in [0.05, 0.1) is 12.5 Å². The molecule has 0 radical (unpaired) electrons. The molecule has 1 saturated carbocycles. The van der Waals surface area contributed by atoms with E-state index >= 15 is 0 Å². The molecule has 0 spiro atoms. The van der Waals surface area contributed by atoms with Gasteiger partial charge in [-0.1, -0.05) is 6.42 Å². The van der Waals surface area contributed by atoms with Crippen LogP contribution in [0, 0.1) is 17.0 Å². The Labute approximate surface area is 104 Å². The summed E-state index contributed by atoms with van der Waals surface area (Å²) in [5.41, 5.74) is 5.09. The van der Waals surface area contributed by atoms with E-state index in [1.54, 1.807) is 0 Å². The maximum atomic E-state index is 13.7. The summed E-state index contributed by atoms with van der Waals surface area (Å²) in [5.74, 6) is -1.62. The molecular formula is C13H15F2NO2. The lowest BCUT2D eigenvalue weighted by atomic mass is 9.62. The van der Waals surface area contributed by atoms with E-state index in [0.717, 1.165) is 24.6 Å². The fraction of sp³-hybridized carbons (Fsp3) is 0.462. The number of rotatable bonds is 3. The predicted molar refractivity (Wildman–Crippen MR) is 61.6 cm³/mol. The van der Waals surface area contributed by atoms with Crippen LogP contribution in [0.1, 0.15) is 30.9 Å². The smallest absolute Gasteiger partial charge is 0.313 e. The monoisotopic (exact) mass is 255 g/mol. The standard InChI is InChI=1S/C13H15F2NO2/c1-18-12(17)13(5-2-6-13)11(16)9-7-8(14)3-4-10(9)15/h3-4,7,11H,2,5-6,16H2,1H3. The third-order valence-corrected chi connectivity index (χ3v) is 3.73. The Kier molecular flexibility index (Phi) is 3.34. The summed E-state index contributed by atoms with van der Waals surface area (Å²) >= 11 is 0. The molecule has 1 fully saturated rings. The molecule has 0 saturated heterocycles. The third-order valence-electron chi connectivity index (χ3n) is 3.73. The lowest BCUT2D eigenvalue weighted by Gasteiger charge is -2.43. The molecule has 5 heteroatoms. The van der Waals surface area contributed by atoms with Crippen LogP contribution in [0.2, 0.25) is 0 Å². The van der Waals surface area contributed by atoms with Gasteiger partial charge >= 0.3 is 5.97 Å². The number of ether oxygens (including phenoxy) is 1. The molecule has 2 N–H and O–H groups in total. The van der Waals surface area contributed by atoms with Gasteiger partial charge in [-0.15, -0.1) is 0 Å². The summed E-state index contributed by atoms with van der Waals surface area (Å²) in [5, 5.41) is 0. The molecule has 18 heavy (non-hydrogen) atoms. The zero-order valence-corrected chi connectivity index (χ0v) is 10.1. The molecule has 0 aliphatic heterocycles. The maximum Gasteiger partial charge on any atom is 0.313 e. The molecule has 0 heterocycles. The van der Waals surface area contributed by atoms with Gasteiger partial charge in [-0.3, -0.25) is 4.79 Å². The number of halogens is 2. The molecule has 1 aromatic rings. The summed E-state index contributed by atoms with van der Waals surface area (Å²) in [6.45, 7) is 0. The molecule has 0 aromatic heterocycles. The molecular weight excluding hydrogens is 240 g/mol. The van der Waals surface area contributed by atoms with E-state index in [9.17, 15) is 13.6 Å². The highest BCUT2D eigenvalue weighted by Crippen LogP contribution is 2.50. The van der Waals surface area contributed by atoms with E-state index in [0.29, 0.717) is 12.8 Å². The minimum absolute atomic E-state index is 0.0279. The van der Waals surface area contributed by atoms with Crippen LogP contribution in [0.15, 0.2) is 18.2 Å². The quantitative estimate of drug-likeness (QED) is 0.843. The number of hydrogen-bond donors (Lipinski definition) is 1. The fourth-order valence-electron chi connectivity index (χ4n) is 2.45. The molecule has 98 valence electrons. The zero-order chi connectivity index (χ0) is 13.3. The third kappa shape index (κ3) is 1.88. The summed E-state index contributed by atoms with van der Waals surface area (Å²) in [7, 11) is 1.27. The Hall–Kier alpha value is -1.49. The van der Waals surface area contributed by atoms with Crippen molar-refractivity contribution in [3.05, 3.63) is 35.4 Å². The molecule has 1 unspecified atom stereocenters. The van der Waals surface area contributed by atoms with Gasteiger partial charge in [0.15, 0.2) is 0 Å². The normalized spacial score (nSPS) is 18.9. The first kappa shape index (κ1) is 13.0. The first-order chi connectivity index (χ1) is 8.51. The molecule has 1 atom stereocenters. The van der Waals surface area contributed by atoms with Crippen molar-refractivity contribution in [3.63, 3.8) is 0 Å². The molecule has 0 bridgehead atoms. The number of nitrogens with two attached hydrogens (primary N) is 1. The largest absolute Gasteiger partial charge is 0.469 e. The van der Waals surface area contributed by atoms with Gasteiger partial charge in [-0.2, -0.15) is 0 Å². The highest BCUT2D eigenvalue weighted by molar-refractivity contribution is 5.79. The Bertz CT molecular complexity index is 472. The van der Waals surface area contributed by atoms with Crippen molar-refractivity contribution in [1.82, 2.24) is 0 Å². The Morgan fingerprint density at radius 2 is 2.11 bits per heavy atom. The van der Waals surface area contributed by atoms with Gasteiger partial charge < -0.3 is 10.5 Å². The molecule has 2 rings (SSSR count). The molecule has 0 amide bonds. The van der Waals surface area contributed by atoms with Crippen molar-refractivity contribution in [1.29, 1.82) is 0 Å². The summed E-state index contributed by atoms with van der Waals surface area (Å²) < 4.78 is 31.6. The van der Waals surface area contributed by atoms with E-state index < -0.39 is 29.1 Å². The minimum atomic E-state index is -0.913. The van der Waals surface area contributed by atoms with E-state index in [-0.39, 0.29) is 5.56 Å². The fourth-order valence-corrected chi connectivity index (χ4v) is 2.45. The number of hydrogen-bond acceptors (Lipinski definition) is 3. The Morgan fingerprint density at radius 3 is 2.61 bits per heavy atom. The molecule has 1 aliphatic rings. The number of esters is 1. The number of methoxy groups -OCH3 is 1. The van der Waals surface area contributed by atoms with Crippen LogP contribution in [0.4, 0.5) is 8.78 Å². The van der Waals surface area contributed by atoms with E-state index in [2.05, 4.69) is 0 Å². The summed E-state index contributed by atoms with van der Waals surface area (Å²) in [4.78, 5) is 11.8. The van der Waals surface area contributed by atoms with Gasteiger partial charge in [0, 0.05) is 11.6 Å². The second-order valence-corrected chi connectivity index (χ2v) is 4.64. The van der Waals surface area contributed by atoms with Crippen LogP contribution in [0.5, 0.6) is 0 Å². The molecule has 1 aromatic carbocycles. The van der Waals surface area contributed by atoms with Gasteiger partial charge in [0.1, 0.15) is 11.6 Å². The second-order valence-electron chi connectivity index (χ2n) is 4.64. The Balaban J connectivity index is 2.37. The average molecular weight is 255 g/mol. The van der Waals surface area contributed by atoms with Crippen LogP contribution >= 0.6 is 0 Å². The van der Waals surface area contributed by atoms with Crippen molar-refractivity contribution in [3.8, 4) is 0 Å². The van der Waals surface area contributed by atoms with Crippen molar-refractivity contribution in [2.24, 2.45) is 11.1 Å². The minimum Gasteiger partial charge on any atom is -0.469 e. The van der Waals surface area contributed by atoms with E-state index in [4.69, 9.17) is 10.5 Å². The number of carbonyl (C=O) groups excluding carboxylic acids is 1. The van der Waals surface area contributed by atoms with Crippen molar-refractivity contribution in [2.75, 3.05) is 7.11 Å². The number of carbonyl (C=O) groups is 1. The topological polar surface area (TPSA) is 52.3 Å². The lowest BCUT2D eigenvalue weighted by Crippen LogP contribution is -2.47. The van der Waals surface area contributed by atoms with Gasteiger partial charge in [0.2, 0.25) is 0 Å². The van der Waals surface area contributed by atoms with Gasteiger partial charge in [-0.05, 0) is 31.0 Å². The first-order valence-corrected chi connectivity index (χ1v) is 5.80.